The SMILES string of the molecule is CC(C)(C)c1ccc(C(C2=NC(c3ccccc3)CO2)(C2=NC(c3ccccc3)CO2)c2ccc(C(C)(C)C)cc2)cc1. The van der Waals surface area contributed by atoms with Crippen LogP contribution in [0, 0.1) is 0 Å². The van der Waals surface area contributed by atoms with E-state index in [0.717, 1.165) is 22.3 Å². The summed E-state index contributed by atoms with van der Waals surface area (Å²) in [5.74, 6) is 1.25. The zero-order valence-electron chi connectivity index (χ0n) is 26.2. The molecule has 2 aliphatic heterocycles. The van der Waals surface area contributed by atoms with Gasteiger partial charge in [-0.05, 0) is 44.2 Å². The van der Waals surface area contributed by atoms with Crippen LogP contribution in [0.25, 0.3) is 0 Å². The molecule has 0 aromatic heterocycles. The summed E-state index contributed by atoms with van der Waals surface area (Å²) in [6, 6.07) is 38.3. The van der Waals surface area contributed by atoms with Crippen molar-refractivity contribution in [1.29, 1.82) is 0 Å². The zero-order chi connectivity index (χ0) is 30.2. The number of benzene rings is 4. The smallest absolute Gasteiger partial charge is 0.209 e. The van der Waals surface area contributed by atoms with Crippen LogP contribution in [0.1, 0.15) is 87.0 Å². The molecule has 0 spiro atoms. The van der Waals surface area contributed by atoms with Gasteiger partial charge >= 0.3 is 0 Å². The van der Waals surface area contributed by atoms with E-state index in [1.165, 1.54) is 11.1 Å². The van der Waals surface area contributed by atoms with Crippen molar-refractivity contribution >= 4 is 11.8 Å². The summed E-state index contributed by atoms with van der Waals surface area (Å²) < 4.78 is 13.3. The van der Waals surface area contributed by atoms with Gasteiger partial charge in [0, 0.05) is 0 Å². The molecule has 4 aromatic rings. The fourth-order valence-electron chi connectivity index (χ4n) is 6.04. The normalized spacial score (nSPS) is 18.9. The maximum atomic E-state index is 6.63. The summed E-state index contributed by atoms with van der Waals surface area (Å²) in [6.45, 7) is 14.4. The Morgan fingerprint density at radius 2 is 0.791 bits per heavy atom. The van der Waals surface area contributed by atoms with Gasteiger partial charge in [-0.25, -0.2) is 9.98 Å². The lowest BCUT2D eigenvalue weighted by atomic mass is 9.72. The molecule has 220 valence electrons. The first-order valence-corrected chi connectivity index (χ1v) is 15.3. The molecule has 6 rings (SSSR count). The second-order valence-electron chi connectivity index (χ2n) is 13.7. The predicted octanol–water partition coefficient (Wildman–Crippen LogP) is 8.91. The van der Waals surface area contributed by atoms with E-state index in [0.29, 0.717) is 25.0 Å². The van der Waals surface area contributed by atoms with Crippen LogP contribution in [-0.2, 0) is 25.7 Å². The van der Waals surface area contributed by atoms with Crippen LogP contribution in [0.15, 0.2) is 119 Å². The third kappa shape index (κ3) is 5.51. The molecule has 0 amide bonds. The predicted molar refractivity (Wildman–Crippen MR) is 176 cm³/mol. The maximum Gasteiger partial charge on any atom is 0.209 e. The van der Waals surface area contributed by atoms with E-state index in [9.17, 15) is 0 Å². The number of nitrogens with zero attached hydrogens (tertiary/aromatic N) is 2. The minimum atomic E-state index is -0.945. The molecule has 0 bridgehead atoms. The monoisotopic (exact) mass is 570 g/mol. The molecule has 2 heterocycles. The molecular formula is C39H42N2O2. The molecule has 0 fully saturated rings. The molecule has 2 unspecified atom stereocenters. The second-order valence-corrected chi connectivity index (χ2v) is 13.7. The highest BCUT2D eigenvalue weighted by atomic mass is 16.5. The summed E-state index contributed by atoms with van der Waals surface area (Å²) in [4.78, 5) is 10.6. The van der Waals surface area contributed by atoms with Gasteiger partial charge in [0.25, 0.3) is 0 Å². The lowest BCUT2D eigenvalue weighted by molar-refractivity contribution is 0.282. The van der Waals surface area contributed by atoms with Crippen LogP contribution < -0.4 is 0 Å². The van der Waals surface area contributed by atoms with Crippen LogP contribution in [0.3, 0.4) is 0 Å². The van der Waals surface area contributed by atoms with Gasteiger partial charge in [0.15, 0.2) is 5.41 Å². The van der Waals surface area contributed by atoms with Gasteiger partial charge in [-0.3, -0.25) is 0 Å². The average Bonchev–Trinajstić information content (AvgIpc) is 3.70. The van der Waals surface area contributed by atoms with Crippen molar-refractivity contribution in [1.82, 2.24) is 0 Å². The van der Waals surface area contributed by atoms with E-state index < -0.39 is 5.41 Å². The van der Waals surface area contributed by atoms with Crippen molar-refractivity contribution < 1.29 is 9.47 Å². The summed E-state index contributed by atoms with van der Waals surface area (Å²) in [6.07, 6.45) is 0. The first-order chi connectivity index (χ1) is 20.6. The molecular weight excluding hydrogens is 528 g/mol. The van der Waals surface area contributed by atoms with Crippen molar-refractivity contribution in [3.05, 3.63) is 143 Å². The average molecular weight is 571 g/mol. The molecule has 2 atom stereocenters. The standard InChI is InChI=1S/C39H42N2O2/c1-37(2,3)29-17-21-31(22-18-29)39(32-23-19-30(20-24-32)38(4,5)6,35-40-33(25-42-35)27-13-9-7-10-14-27)36-41-34(26-43-36)28-15-11-8-12-16-28/h7-24,33-34H,25-26H2,1-6H3. The summed E-state index contributed by atoms with van der Waals surface area (Å²) >= 11 is 0. The largest absolute Gasteiger partial charge is 0.477 e. The van der Waals surface area contributed by atoms with Gasteiger partial charge < -0.3 is 9.47 Å². The molecule has 0 aliphatic carbocycles. The van der Waals surface area contributed by atoms with Crippen LogP contribution in [0.5, 0.6) is 0 Å². The van der Waals surface area contributed by atoms with Crippen molar-refractivity contribution in [3.8, 4) is 0 Å². The quantitative estimate of drug-likeness (QED) is 0.232. The van der Waals surface area contributed by atoms with Crippen molar-refractivity contribution in [2.75, 3.05) is 13.2 Å². The van der Waals surface area contributed by atoms with Gasteiger partial charge in [-0.1, -0.05) is 151 Å². The van der Waals surface area contributed by atoms with Gasteiger partial charge in [-0.2, -0.15) is 0 Å². The summed E-state index contributed by atoms with van der Waals surface area (Å²) in [5, 5.41) is 0. The maximum absolute atomic E-state index is 6.63. The highest BCUT2D eigenvalue weighted by Gasteiger charge is 2.52. The van der Waals surface area contributed by atoms with Gasteiger partial charge in [0.1, 0.15) is 25.3 Å². The number of hydrogen-bond donors (Lipinski definition) is 0. The summed E-state index contributed by atoms with van der Waals surface area (Å²) in [7, 11) is 0. The van der Waals surface area contributed by atoms with E-state index in [2.05, 4.69) is 139 Å². The minimum absolute atomic E-state index is 0.0229. The molecule has 0 saturated carbocycles. The van der Waals surface area contributed by atoms with Crippen molar-refractivity contribution in [3.63, 3.8) is 0 Å². The molecule has 43 heavy (non-hydrogen) atoms. The third-order valence-electron chi connectivity index (χ3n) is 8.68. The number of rotatable bonds is 6. The Morgan fingerprint density at radius 1 is 0.465 bits per heavy atom. The van der Waals surface area contributed by atoms with Gasteiger partial charge in [0.2, 0.25) is 11.8 Å². The fraction of sp³-hybridized carbons (Fsp3) is 0.333. The Kier molecular flexibility index (Phi) is 7.50. The Balaban J connectivity index is 1.59. The van der Waals surface area contributed by atoms with E-state index >= 15 is 0 Å². The van der Waals surface area contributed by atoms with E-state index in [-0.39, 0.29) is 22.9 Å². The van der Waals surface area contributed by atoms with Crippen molar-refractivity contribution in [2.45, 2.75) is 69.9 Å². The fourth-order valence-corrected chi connectivity index (χ4v) is 6.04. The van der Waals surface area contributed by atoms with Crippen LogP contribution in [0.2, 0.25) is 0 Å². The Hall–Kier alpha value is -4.18. The minimum Gasteiger partial charge on any atom is -0.477 e. The Morgan fingerprint density at radius 3 is 1.12 bits per heavy atom. The molecule has 4 nitrogen and oxygen atoms in total. The molecule has 2 aliphatic rings. The van der Waals surface area contributed by atoms with E-state index in [4.69, 9.17) is 19.5 Å². The number of hydrogen-bond acceptors (Lipinski definition) is 4. The Bertz CT molecular complexity index is 1480. The second kappa shape index (κ2) is 11.1. The van der Waals surface area contributed by atoms with Gasteiger partial charge in [0.05, 0.1) is 0 Å². The molecule has 0 radical (unpaired) electrons. The van der Waals surface area contributed by atoms with E-state index in [1.54, 1.807) is 0 Å². The first kappa shape index (κ1) is 28.9. The van der Waals surface area contributed by atoms with Gasteiger partial charge in [-0.15, -0.1) is 0 Å². The summed E-state index contributed by atoms with van der Waals surface area (Å²) in [5.41, 5.74) is 5.96. The molecule has 0 N–H and O–H groups in total. The van der Waals surface area contributed by atoms with Crippen LogP contribution >= 0.6 is 0 Å². The molecule has 4 aromatic carbocycles. The number of aliphatic imine (C=N–C) groups is 2. The highest BCUT2D eigenvalue weighted by Crippen LogP contribution is 2.44. The first-order valence-electron chi connectivity index (χ1n) is 15.3. The van der Waals surface area contributed by atoms with Crippen LogP contribution in [-0.4, -0.2) is 25.0 Å². The zero-order valence-corrected chi connectivity index (χ0v) is 26.2. The van der Waals surface area contributed by atoms with E-state index in [1.807, 2.05) is 12.1 Å². The lowest BCUT2D eigenvalue weighted by Gasteiger charge is -2.34. The molecule has 0 saturated heterocycles. The van der Waals surface area contributed by atoms with Crippen LogP contribution in [0.4, 0.5) is 0 Å². The third-order valence-corrected chi connectivity index (χ3v) is 8.68. The topological polar surface area (TPSA) is 43.2 Å². The highest BCUT2D eigenvalue weighted by molar-refractivity contribution is 6.15. The Labute approximate surface area is 256 Å². The number of ether oxygens (including phenoxy) is 2. The molecule has 4 heteroatoms. The van der Waals surface area contributed by atoms with Crippen molar-refractivity contribution in [2.24, 2.45) is 9.98 Å². The lowest BCUT2D eigenvalue weighted by Crippen LogP contribution is -2.45.